The zero-order valence-electron chi connectivity index (χ0n) is 8.46. The monoisotopic (exact) mass is 253 g/mol. The van der Waals surface area contributed by atoms with Gasteiger partial charge in [0.25, 0.3) is 0 Å². The molecule has 2 heteroatoms. The summed E-state index contributed by atoms with van der Waals surface area (Å²) in [5, 5.41) is 3.44. The average molecular weight is 254 g/mol. The maximum atomic E-state index is 3.78. The predicted molar refractivity (Wildman–Crippen MR) is 65.4 cm³/mol. The first-order valence-corrected chi connectivity index (χ1v) is 5.67. The van der Waals surface area contributed by atoms with Gasteiger partial charge in [-0.15, -0.1) is 6.58 Å². The number of rotatable bonds is 5. The number of halogens is 1. The summed E-state index contributed by atoms with van der Waals surface area (Å²) in [5.74, 6) is 0. The van der Waals surface area contributed by atoms with Crippen LogP contribution in [0.1, 0.15) is 24.9 Å². The van der Waals surface area contributed by atoms with Gasteiger partial charge >= 0.3 is 0 Å². The largest absolute Gasteiger partial charge is 0.310 e. The van der Waals surface area contributed by atoms with Crippen molar-refractivity contribution in [1.82, 2.24) is 5.32 Å². The van der Waals surface area contributed by atoms with Crippen LogP contribution in [0.15, 0.2) is 41.4 Å². The Morgan fingerprint density at radius 2 is 2.21 bits per heavy atom. The Bertz CT molecular complexity index is 296. The van der Waals surface area contributed by atoms with Crippen molar-refractivity contribution in [2.24, 2.45) is 0 Å². The van der Waals surface area contributed by atoms with Crippen molar-refractivity contribution < 1.29 is 0 Å². The molecule has 0 aliphatic rings. The Morgan fingerprint density at radius 3 is 2.79 bits per heavy atom. The van der Waals surface area contributed by atoms with Gasteiger partial charge < -0.3 is 5.32 Å². The van der Waals surface area contributed by atoms with E-state index in [0.29, 0.717) is 6.04 Å². The molecule has 1 N–H and O–H groups in total. The fourth-order valence-electron chi connectivity index (χ4n) is 1.49. The summed E-state index contributed by atoms with van der Waals surface area (Å²) in [6.07, 6.45) is 2.91. The van der Waals surface area contributed by atoms with Gasteiger partial charge in [-0.3, -0.25) is 0 Å². The van der Waals surface area contributed by atoms with E-state index in [4.69, 9.17) is 0 Å². The lowest BCUT2D eigenvalue weighted by Crippen LogP contribution is -2.20. The van der Waals surface area contributed by atoms with E-state index in [1.807, 2.05) is 12.1 Å². The summed E-state index contributed by atoms with van der Waals surface area (Å²) in [6.45, 7) is 6.87. The van der Waals surface area contributed by atoms with E-state index < -0.39 is 0 Å². The van der Waals surface area contributed by atoms with Gasteiger partial charge in [-0.1, -0.05) is 47.1 Å². The van der Waals surface area contributed by atoms with Crippen LogP contribution in [0.5, 0.6) is 0 Å². The first kappa shape index (κ1) is 11.5. The molecule has 0 saturated carbocycles. The van der Waals surface area contributed by atoms with Crippen LogP contribution in [0.3, 0.4) is 0 Å². The Hall–Kier alpha value is -0.600. The topological polar surface area (TPSA) is 12.0 Å². The quantitative estimate of drug-likeness (QED) is 0.790. The highest BCUT2D eigenvalue weighted by Crippen LogP contribution is 2.25. The molecule has 1 aromatic carbocycles. The van der Waals surface area contributed by atoms with E-state index in [1.165, 1.54) is 5.56 Å². The first-order chi connectivity index (χ1) is 6.79. The van der Waals surface area contributed by atoms with Gasteiger partial charge in [-0.2, -0.15) is 0 Å². The summed E-state index contributed by atoms with van der Waals surface area (Å²) in [5.41, 5.74) is 1.30. The summed E-state index contributed by atoms with van der Waals surface area (Å²) < 4.78 is 1.16. The van der Waals surface area contributed by atoms with Gasteiger partial charge in [-0.05, 0) is 24.6 Å². The van der Waals surface area contributed by atoms with Crippen LogP contribution >= 0.6 is 15.9 Å². The lowest BCUT2D eigenvalue weighted by Gasteiger charge is -2.17. The summed E-state index contributed by atoms with van der Waals surface area (Å²) in [4.78, 5) is 0. The van der Waals surface area contributed by atoms with Crippen LogP contribution in [0.2, 0.25) is 0 Å². The fourth-order valence-corrected chi connectivity index (χ4v) is 2.05. The highest BCUT2D eigenvalue weighted by molar-refractivity contribution is 9.10. The van der Waals surface area contributed by atoms with Crippen LogP contribution in [-0.2, 0) is 0 Å². The molecular formula is C12H16BrN. The van der Waals surface area contributed by atoms with E-state index in [-0.39, 0.29) is 0 Å². The smallest absolute Gasteiger partial charge is 0.0365 e. The Kier molecular flexibility index (Phi) is 4.91. The molecule has 0 fully saturated rings. The molecule has 0 radical (unpaired) electrons. The van der Waals surface area contributed by atoms with E-state index in [2.05, 4.69) is 52.9 Å². The molecule has 1 atom stereocenters. The molecule has 1 nitrogen and oxygen atoms in total. The second-order valence-electron chi connectivity index (χ2n) is 3.16. The van der Waals surface area contributed by atoms with Gasteiger partial charge in [0.1, 0.15) is 0 Å². The number of benzene rings is 1. The van der Waals surface area contributed by atoms with Crippen molar-refractivity contribution in [3.8, 4) is 0 Å². The molecule has 0 bridgehead atoms. The molecular weight excluding hydrogens is 238 g/mol. The minimum Gasteiger partial charge on any atom is -0.310 e. The molecule has 0 spiro atoms. The maximum absolute atomic E-state index is 3.78. The molecule has 0 saturated heterocycles. The molecule has 1 aromatic rings. The molecule has 1 rings (SSSR count). The average Bonchev–Trinajstić information content (AvgIpc) is 2.18. The standard InChI is InChI=1S/C12H16BrN/c1-3-7-12(14-4-2)10-8-5-6-9-11(10)13/h3,5-6,8-9,12,14H,1,4,7H2,2H3. The highest BCUT2D eigenvalue weighted by atomic mass is 79.9. The Balaban J connectivity index is 2.86. The number of hydrogen-bond acceptors (Lipinski definition) is 1. The molecule has 0 heterocycles. The molecule has 0 aromatic heterocycles. The minimum atomic E-state index is 0.369. The van der Waals surface area contributed by atoms with Crippen LogP contribution < -0.4 is 5.32 Å². The van der Waals surface area contributed by atoms with E-state index in [0.717, 1.165) is 17.4 Å². The van der Waals surface area contributed by atoms with Gasteiger partial charge in [-0.25, -0.2) is 0 Å². The van der Waals surface area contributed by atoms with Gasteiger partial charge in [0.05, 0.1) is 0 Å². The van der Waals surface area contributed by atoms with Crippen molar-refractivity contribution in [1.29, 1.82) is 0 Å². The van der Waals surface area contributed by atoms with Crippen LogP contribution in [0, 0.1) is 0 Å². The minimum absolute atomic E-state index is 0.369. The molecule has 0 aliphatic carbocycles. The molecule has 76 valence electrons. The Labute approximate surface area is 94.3 Å². The molecule has 1 unspecified atom stereocenters. The first-order valence-electron chi connectivity index (χ1n) is 4.88. The summed E-state index contributed by atoms with van der Waals surface area (Å²) >= 11 is 3.56. The van der Waals surface area contributed by atoms with Crippen molar-refractivity contribution in [3.63, 3.8) is 0 Å². The molecule has 0 amide bonds. The third kappa shape index (κ3) is 2.96. The fraction of sp³-hybridized carbons (Fsp3) is 0.333. The van der Waals surface area contributed by atoms with Crippen LogP contribution in [0.4, 0.5) is 0 Å². The zero-order valence-corrected chi connectivity index (χ0v) is 10.0. The number of hydrogen-bond donors (Lipinski definition) is 1. The zero-order chi connectivity index (χ0) is 10.4. The van der Waals surface area contributed by atoms with Crippen LogP contribution in [0.25, 0.3) is 0 Å². The second-order valence-corrected chi connectivity index (χ2v) is 4.01. The SMILES string of the molecule is C=CCC(NCC)c1ccccc1Br. The van der Waals surface area contributed by atoms with Crippen molar-refractivity contribution >= 4 is 15.9 Å². The third-order valence-electron chi connectivity index (χ3n) is 2.13. The normalized spacial score (nSPS) is 12.4. The number of nitrogens with one attached hydrogen (secondary N) is 1. The second kappa shape index (κ2) is 5.99. The van der Waals surface area contributed by atoms with Crippen molar-refractivity contribution in [3.05, 3.63) is 47.0 Å². The van der Waals surface area contributed by atoms with Crippen LogP contribution in [-0.4, -0.2) is 6.54 Å². The van der Waals surface area contributed by atoms with Crippen molar-refractivity contribution in [2.45, 2.75) is 19.4 Å². The van der Waals surface area contributed by atoms with Gasteiger partial charge in [0.2, 0.25) is 0 Å². The van der Waals surface area contributed by atoms with E-state index in [9.17, 15) is 0 Å². The van der Waals surface area contributed by atoms with E-state index in [1.54, 1.807) is 0 Å². The van der Waals surface area contributed by atoms with Gasteiger partial charge in [0, 0.05) is 10.5 Å². The lowest BCUT2D eigenvalue weighted by molar-refractivity contribution is 0.557. The van der Waals surface area contributed by atoms with Crippen molar-refractivity contribution in [2.75, 3.05) is 6.54 Å². The molecule has 14 heavy (non-hydrogen) atoms. The summed E-state index contributed by atoms with van der Waals surface area (Å²) in [6, 6.07) is 8.68. The maximum Gasteiger partial charge on any atom is 0.0365 e. The Morgan fingerprint density at radius 1 is 1.50 bits per heavy atom. The molecule has 0 aliphatic heterocycles. The predicted octanol–water partition coefficient (Wildman–Crippen LogP) is 3.68. The van der Waals surface area contributed by atoms with Gasteiger partial charge in [0.15, 0.2) is 0 Å². The highest BCUT2D eigenvalue weighted by Gasteiger charge is 2.10. The van der Waals surface area contributed by atoms with E-state index >= 15 is 0 Å². The lowest BCUT2D eigenvalue weighted by atomic mass is 10.0. The third-order valence-corrected chi connectivity index (χ3v) is 2.86. The summed E-state index contributed by atoms with van der Waals surface area (Å²) in [7, 11) is 0.